The molecule has 1 aromatic heterocycles. The summed E-state index contributed by atoms with van der Waals surface area (Å²) in [4.78, 5) is 2.41. The fourth-order valence-corrected chi connectivity index (χ4v) is 4.07. The van der Waals surface area contributed by atoms with Gasteiger partial charge in [0, 0.05) is 25.4 Å². The van der Waals surface area contributed by atoms with Crippen molar-refractivity contribution in [3.8, 4) is 11.1 Å². The second-order valence-corrected chi connectivity index (χ2v) is 7.67. The average Bonchev–Trinajstić information content (AvgIpc) is 3.17. The molecule has 2 aromatic rings. The number of alkyl halides is 1. The first-order valence-electron chi connectivity index (χ1n) is 9.10. The Hall–Kier alpha value is -2.21. The van der Waals surface area contributed by atoms with Crippen molar-refractivity contribution in [1.82, 2.24) is 20.4 Å². The molecule has 1 aromatic carbocycles. The number of hydrogen-bond donors (Lipinski definition) is 2. The van der Waals surface area contributed by atoms with Crippen LogP contribution in [0.15, 0.2) is 36.4 Å². The van der Waals surface area contributed by atoms with Crippen LogP contribution >= 0.6 is 12.2 Å². The van der Waals surface area contributed by atoms with E-state index < -0.39 is 5.67 Å². The molecular weight excluding hydrogens is 347 g/mol. The van der Waals surface area contributed by atoms with Crippen LogP contribution in [0.5, 0.6) is 0 Å². The van der Waals surface area contributed by atoms with Crippen molar-refractivity contribution >= 4 is 23.3 Å². The highest BCUT2D eigenvalue weighted by Crippen LogP contribution is 2.34. The molecule has 4 rings (SSSR count). The van der Waals surface area contributed by atoms with Crippen LogP contribution in [0.3, 0.4) is 0 Å². The Kier molecular flexibility index (Phi) is 4.53. The van der Waals surface area contributed by atoms with Crippen LogP contribution in [0, 0.1) is 0 Å². The summed E-state index contributed by atoms with van der Waals surface area (Å²) in [6.45, 7) is 0.766. The normalized spacial score (nSPS) is 18.8. The smallest absolute Gasteiger partial charge is 0.161 e. The van der Waals surface area contributed by atoms with Gasteiger partial charge in [-0.25, -0.2) is 4.39 Å². The van der Waals surface area contributed by atoms with E-state index in [1.807, 2.05) is 19.4 Å². The van der Waals surface area contributed by atoms with Crippen molar-refractivity contribution in [3.63, 3.8) is 0 Å². The maximum absolute atomic E-state index is 15.1. The second-order valence-electron chi connectivity index (χ2n) is 7.27. The zero-order valence-corrected chi connectivity index (χ0v) is 15.7. The van der Waals surface area contributed by atoms with E-state index in [-0.39, 0.29) is 0 Å². The Balaban J connectivity index is 1.59. The number of thiocarbonyl (C=S) groups is 1. The maximum Gasteiger partial charge on any atom is 0.161 e. The molecule has 136 valence electrons. The van der Waals surface area contributed by atoms with Gasteiger partial charge in [0.05, 0.1) is 6.20 Å². The minimum absolute atomic E-state index is 0.324. The third-order valence-corrected chi connectivity index (χ3v) is 5.85. The lowest BCUT2D eigenvalue weighted by Gasteiger charge is -2.34. The number of nitrogens with one attached hydrogen (secondary N) is 2. The Morgan fingerprint density at radius 2 is 2.08 bits per heavy atom. The minimum atomic E-state index is -1.37. The summed E-state index contributed by atoms with van der Waals surface area (Å²) < 4.78 is 15.1. The van der Waals surface area contributed by atoms with Crippen LogP contribution < -0.4 is 5.32 Å². The molecule has 0 spiro atoms. The number of benzene rings is 1. The number of aromatic amines is 1. The number of halogens is 1. The van der Waals surface area contributed by atoms with Gasteiger partial charge in [-0.05, 0) is 54.5 Å². The van der Waals surface area contributed by atoms with E-state index in [1.165, 1.54) is 5.56 Å². The molecule has 0 unspecified atom stereocenters. The number of nitrogens with zero attached hydrogens (tertiary/aromatic N) is 2. The first-order valence-corrected chi connectivity index (χ1v) is 9.51. The molecule has 2 aliphatic rings. The van der Waals surface area contributed by atoms with Gasteiger partial charge in [0.15, 0.2) is 5.67 Å². The maximum atomic E-state index is 15.1. The largest absolute Gasteiger partial charge is 0.357 e. The number of aromatic nitrogens is 2. The molecular formula is C20H23FN4S. The number of H-pyrrole nitrogens is 1. The van der Waals surface area contributed by atoms with Gasteiger partial charge in [0.25, 0.3) is 0 Å². The third-order valence-electron chi connectivity index (χ3n) is 5.38. The third kappa shape index (κ3) is 3.26. The SMILES string of the molecule is CN1Cc2ccc(-c3cn[nH]c3)cc2C=C1NC(=S)C1(F)CCCCC1. The zero-order valence-electron chi connectivity index (χ0n) is 14.9. The van der Waals surface area contributed by atoms with Crippen molar-refractivity contribution < 1.29 is 4.39 Å². The first kappa shape index (κ1) is 17.2. The van der Waals surface area contributed by atoms with E-state index in [1.54, 1.807) is 0 Å². The van der Waals surface area contributed by atoms with E-state index in [0.717, 1.165) is 48.3 Å². The average molecular weight is 370 g/mol. The summed E-state index contributed by atoms with van der Waals surface area (Å²) in [7, 11) is 2.00. The van der Waals surface area contributed by atoms with Crippen LogP contribution in [0.25, 0.3) is 17.2 Å². The van der Waals surface area contributed by atoms with Gasteiger partial charge < -0.3 is 10.2 Å². The molecule has 0 saturated heterocycles. The second kappa shape index (κ2) is 6.83. The van der Waals surface area contributed by atoms with Crippen molar-refractivity contribution in [2.24, 2.45) is 0 Å². The summed E-state index contributed by atoms with van der Waals surface area (Å²) >= 11 is 5.44. The van der Waals surface area contributed by atoms with E-state index >= 15 is 4.39 Å². The Labute approximate surface area is 158 Å². The van der Waals surface area contributed by atoms with Gasteiger partial charge >= 0.3 is 0 Å². The lowest BCUT2D eigenvalue weighted by atomic mass is 9.86. The predicted octanol–water partition coefficient (Wildman–Crippen LogP) is 4.41. The van der Waals surface area contributed by atoms with Crippen molar-refractivity contribution in [3.05, 3.63) is 47.5 Å². The van der Waals surface area contributed by atoms with Crippen LogP contribution in [0.4, 0.5) is 4.39 Å². The van der Waals surface area contributed by atoms with Gasteiger partial charge in [-0.3, -0.25) is 5.10 Å². The predicted molar refractivity (Wildman–Crippen MR) is 106 cm³/mol. The topological polar surface area (TPSA) is 44.0 Å². The molecule has 1 aliphatic heterocycles. The standard InChI is InChI=1S/C20H23FN4S/c1-25-13-15-6-5-14(17-11-22-23-12-17)9-16(15)10-18(25)24-19(26)20(21)7-3-2-4-8-20/h5-6,9-12H,2-4,7-8,13H2,1H3,(H,22,23)(H,24,26). The molecule has 2 N–H and O–H groups in total. The molecule has 1 fully saturated rings. The fourth-order valence-electron chi connectivity index (χ4n) is 3.76. The molecule has 0 bridgehead atoms. The van der Waals surface area contributed by atoms with Crippen LogP contribution in [0.1, 0.15) is 43.2 Å². The Morgan fingerprint density at radius 1 is 1.27 bits per heavy atom. The number of fused-ring (bicyclic) bond motifs is 1. The van der Waals surface area contributed by atoms with Crippen molar-refractivity contribution in [1.29, 1.82) is 0 Å². The molecule has 6 heteroatoms. The first-order chi connectivity index (χ1) is 12.5. The van der Waals surface area contributed by atoms with Crippen LogP contribution in [0.2, 0.25) is 0 Å². The molecule has 0 amide bonds. The number of rotatable bonds is 3. The van der Waals surface area contributed by atoms with Crippen molar-refractivity contribution in [2.45, 2.75) is 44.3 Å². The summed E-state index contributed by atoms with van der Waals surface area (Å²) in [5.74, 6) is 0.856. The quantitative estimate of drug-likeness (QED) is 0.786. The van der Waals surface area contributed by atoms with Crippen LogP contribution in [-0.4, -0.2) is 32.8 Å². The molecule has 26 heavy (non-hydrogen) atoms. The van der Waals surface area contributed by atoms with Gasteiger partial charge in [-0.15, -0.1) is 0 Å². The molecule has 4 nitrogen and oxygen atoms in total. The summed E-state index contributed by atoms with van der Waals surface area (Å²) in [6, 6.07) is 6.38. The van der Waals surface area contributed by atoms with Crippen molar-refractivity contribution in [2.75, 3.05) is 7.05 Å². The van der Waals surface area contributed by atoms with E-state index in [0.29, 0.717) is 17.8 Å². The van der Waals surface area contributed by atoms with Gasteiger partial charge in [-0.1, -0.05) is 30.8 Å². The van der Waals surface area contributed by atoms with E-state index in [9.17, 15) is 0 Å². The molecule has 1 aliphatic carbocycles. The summed E-state index contributed by atoms with van der Waals surface area (Å²) in [6.07, 6.45) is 9.71. The molecule has 0 radical (unpaired) electrons. The molecule has 1 saturated carbocycles. The van der Waals surface area contributed by atoms with Gasteiger partial charge in [0.2, 0.25) is 0 Å². The number of hydrogen-bond acceptors (Lipinski definition) is 3. The van der Waals surface area contributed by atoms with E-state index in [2.05, 4.69) is 44.7 Å². The van der Waals surface area contributed by atoms with Gasteiger partial charge in [-0.2, -0.15) is 5.10 Å². The minimum Gasteiger partial charge on any atom is -0.357 e. The summed E-state index contributed by atoms with van der Waals surface area (Å²) in [5.41, 5.74) is 3.16. The Bertz CT molecular complexity index is 838. The highest BCUT2D eigenvalue weighted by Gasteiger charge is 2.37. The molecule has 2 heterocycles. The highest BCUT2D eigenvalue weighted by molar-refractivity contribution is 7.80. The van der Waals surface area contributed by atoms with Gasteiger partial charge in [0.1, 0.15) is 10.8 Å². The highest BCUT2D eigenvalue weighted by atomic mass is 32.1. The Morgan fingerprint density at radius 3 is 2.81 bits per heavy atom. The molecule has 0 atom stereocenters. The summed E-state index contributed by atoms with van der Waals surface area (Å²) in [5, 5.41) is 10.1. The zero-order chi connectivity index (χ0) is 18.1. The fraction of sp³-hybridized carbons (Fsp3) is 0.400. The van der Waals surface area contributed by atoms with Crippen LogP contribution in [-0.2, 0) is 6.54 Å². The lowest BCUT2D eigenvalue weighted by molar-refractivity contribution is 0.183. The lowest BCUT2D eigenvalue weighted by Crippen LogP contribution is -2.45. The monoisotopic (exact) mass is 370 g/mol. The van der Waals surface area contributed by atoms with E-state index in [4.69, 9.17) is 12.2 Å².